The van der Waals surface area contributed by atoms with Gasteiger partial charge in [0.2, 0.25) is 29.7 Å². The number of aromatic nitrogens is 9. The van der Waals surface area contributed by atoms with E-state index < -0.39 is 12.1 Å². The van der Waals surface area contributed by atoms with Gasteiger partial charge in [-0.15, -0.1) is 16.6 Å². The zero-order valence-electron chi connectivity index (χ0n) is 41.4. The van der Waals surface area contributed by atoms with Crippen LogP contribution < -0.4 is 32.3 Å². The molecule has 0 aromatic carbocycles. The molecule has 68 heavy (non-hydrogen) atoms. The quantitative estimate of drug-likeness (QED) is 0.0574. The van der Waals surface area contributed by atoms with Crippen LogP contribution in [0, 0.1) is 30.1 Å². The Bertz CT molecular complexity index is 1990. The molecule has 2 amide bonds. The minimum Gasteiger partial charge on any atom is -0.377 e. The lowest BCUT2D eigenvalue weighted by molar-refractivity contribution is -0.137. The maximum atomic E-state index is 14.3. The van der Waals surface area contributed by atoms with Crippen molar-refractivity contribution in [3.63, 3.8) is 0 Å². The molecule has 2 aliphatic rings. The molecule has 2 saturated heterocycles. The molecule has 0 aliphatic carbocycles. The number of unbranched alkanes of at least 4 members (excludes halogenated alkanes) is 1. The second kappa shape index (κ2) is 27.8. The standard InChI is InChI=1S/C46H79N17O5/c1-8-23-66-25-27-68-28-26-67-24-14-50-44-51-45(60-19-15-58(16-20-60)42(64)40(12-10-11-13-47)62-31-38(54-56-62)36(48)29-33(3)4)53-46(52-44)61-21-17-59(18-22-61)43(65)41(35(7)9-2)63-32-39(55-57-63)37(49)30-34(5)6/h1,31-37,40-41H,9-30,47-49H2,2-7H3,(H,50,51,52,53)/t35-,36-,37-,40-,41-/m0/s1. The number of nitrogens with one attached hydrogen (secondary N) is 1. The number of hydrogen-bond donors (Lipinski definition) is 4. The summed E-state index contributed by atoms with van der Waals surface area (Å²) in [4.78, 5) is 51.2. The van der Waals surface area contributed by atoms with Crippen molar-refractivity contribution in [3.05, 3.63) is 23.8 Å². The Kier molecular flexibility index (Phi) is 22.1. The van der Waals surface area contributed by atoms with E-state index in [1.165, 1.54) is 0 Å². The lowest BCUT2D eigenvalue weighted by Gasteiger charge is -2.38. The number of rotatable bonds is 29. The summed E-state index contributed by atoms with van der Waals surface area (Å²) in [5, 5.41) is 20.9. The van der Waals surface area contributed by atoms with Crippen LogP contribution in [0.4, 0.5) is 17.8 Å². The van der Waals surface area contributed by atoms with Gasteiger partial charge in [-0.2, -0.15) is 15.0 Å². The molecule has 3 aromatic heterocycles. The van der Waals surface area contributed by atoms with Crippen molar-refractivity contribution >= 4 is 29.7 Å². The molecule has 2 aliphatic heterocycles. The van der Waals surface area contributed by atoms with Crippen LogP contribution in [-0.4, -0.2) is 172 Å². The summed E-state index contributed by atoms with van der Waals surface area (Å²) in [6, 6.07) is -1.53. The van der Waals surface area contributed by atoms with Crippen molar-refractivity contribution in [2.24, 2.45) is 35.0 Å². The molecular weight excluding hydrogens is 871 g/mol. The summed E-state index contributed by atoms with van der Waals surface area (Å²) < 4.78 is 20.0. The minimum atomic E-state index is -0.519. The van der Waals surface area contributed by atoms with E-state index in [2.05, 4.69) is 83.2 Å². The summed E-state index contributed by atoms with van der Waals surface area (Å²) >= 11 is 0. The lowest BCUT2D eigenvalue weighted by atomic mass is 9.97. The highest BCUT2D eigenvalue weighted by molar-refractivity contribution is 5.81. The third-order valence-corrected chi connectivity index (χ3v) is 12.3. The summed E-state index contributed by atoms with van der Waals surface area (Å²) in [6.07, 6.45) is 13.4. The van der Waals surface area contributed by atoms with Gasteiger partial charge in [0.15, 0.2) is 0 Å². The fourth-order valence-electron chi connectivity index (χ4n) is 8.33. The Labute approximate surface area is 402 Å². The van der Waals surface area contributed by atoms with Crippen LogP contribution in [0.2, 0.25) is 0 Å². The maximum Gasteiger partial charge on any atom is 0.247 e. The first-order valence-electron chi connectivity index (χ1n) is 24.6. The molecule has 0 bridgehead atoms. The van der Waals surface area contributed by atoms with E-state index in [1.54, 1.807) is 9.36 Å². The van der Waals surface area contributed by atoms with Crippen LogP contribution >= 0.6 is 0 Å². The van der Waals surface area contributed by atoms with E-state index in [1.807, 2.05) is 22.2 Å². The molecule has 5 heterocycles. The Morgan fingerprint density at radius 2 is 1.24 bits per heavy atom. The van der Waals surface area contributed by atoms with Crippen molar-refractivity contribution in [2.75, 3.05) is 120 Å². The summed E-state index contributed by atoms with van der Waals surface area (Å²) in [5.74, 6) is 4.65. The minimum absolute atomic E-state index is 0.00204. The van der Waals surface area contributed by atoms with Crippen molar-refractivity contribution in [1.29, 1.82) is 0 Å². The van der Waals surface area contributed by atoms with Crippen LogP contribution in [0.1, 0.15) is 116 Å². The predicted octanol–water partition coefficient (Wildman–Crippen LogP) is 2.20. The average Bonchev–Trinajstić information content (AvgIpc) is 4.03. The van der Waals surface area contributed by atoms with Crippen LogP contribution in [0.15, 0.2) is 12.4 Å². The van der Waals surface area contributed by atoms with Gasteiger partial charge in [-0.25, -0.2) is 9.36 Å². The maximum absolute atomic E-state index is 14.3. The zero-order valence-corrected chi connectivity index (χ0v) is 41.4. The van der Waals surface area contributed by atoms with Gasteiger partial charge in [0.05, 0.1) is 68.9 Å². The van der Waals surface area contributed by atoms with Gasteiger partial charge in [-0.05, 0) is 56.4 Å². The first-order chi connectivity index (χ1) is 32.8. The van der Waals surface area contributed by atoms with Crippen LogP contribution in [-0.2, 0) is 23.8 Å². The Morgan fingerprint density at radius 3 is 1.76 bits per heavy atom. The molecule has 22 nitrogen and oxygen atoms in total. The second-order valence-corrected chi connectivity index (χ2v) is 18.6. The van der Waals surface area contributed by atoms with E-state index in [0.29, 0.717) is 146 Å². The van der Waals surface area contributed by atoms with Gasteiger partial charge in [-0.3, -0.25) is 9.59 Å². The first kappa shape index (κ1) is 53.9. The number of terminal acetylenes is 1. The van der Waals surface area contributed by atoms with Gasteiger partial charge in [0, 0.05) is 58.9 Å². The van der Waals surface area contributed by atoms with Gasteiger partial charge in [-0.1, -0.05) is 64.3 Å². The molecule has 378 valence electrons. The molecule has 7 N–H and O–H groups in total. The number of carbonyl (C=O) groups is 2. The molecule has 0 unspecified atom stereocenters. The molecule has 5 rings (SSSR count). The highest BCUT2D eigenvalue weighted by Gasteiger charge is 2.35. The van der Waals surface area contributed by atoms with Crippen molar-refractivity contribution in [3.8, 4) is 12.3 Å². The first-order valence-corrected chi connectivity index (χ1v) is 24.6. The Hall–Kier alpha value is -5.05. The summed E-state index contributed by atoms with van der Waals surface area (Å²) in [6.45, 7) is 19.9. The third kappa shape index (κ3) is 16.0. The zero-order chi connectivity index (χ0) is 49.0. The number of anilines is 3. The van der Waals surface area contributed by atoms with Crippen LogP contribution in [0.5, 0.6) is 0 Å². The van der Waals surface area contributed by atoms with Crippen molar-refractivity contribution < 1.29 is 23.8 Å². The SMILES string of the molecule is C#CCOCCOCCOCCNc1nc(N2CCN(C(=O)[C@H]([C@@H](C)CC)n3cc([C@@H](N)CC(C)C)nn3)CC2)nc(N2CCN(C(=O)[C@H](CCCCN)n3cc([C@@H](N)CC(C)C)nn3)CC2)n1. The summed E-state index contributed by atoms with van der Waals surface area (Å²) in [7, 11) is 0. The fourth-order valence-corrected chi connectivity index (χ4v) is 8.33. The third-order valence-electron chi connectivity index (χ3n) is 12.3. The highest BCUT2D eigenvalue weighted by atomic mass is 16.5. The number of amides is 2. The fraction of sp³-hybridized carbons (Fsp3) is 0.761. The van der Waals surface area contributed by atoms with E-state index in [4.69, 9.17) is 52.8 Å². The normalized spacial score (nSPS) is 16.8. The molecule has 0 radical (unpaired) electrons. The number of piperazine rings is 2. The van der Waals surface area contributed by atoms with Crippen LogP contribution in [0.3, 0.4) is 0 Å². The van der Waals surface area contributed by atoms with Gasteiger partial charge in [0.25, 0.3) is 0 Å². The van der Waals surface area contributed by atoms with Crippen molar-refractivity contribution in [1.82, 2.24) is 54.7 Å². The van der Waals surface area contributed by atoms with Gasteiger partial charge in [0.1, 0.15) is 18.7 Å². The molecule has 5 atom stereocenters. The van der Waals surface area contributed by atoms with E-state index in [9.17, 15) is 9.59 Å². The lowest BCUT2D eigenvalue weighted by Crippen LogP contribution is -2.52. The Morgan fingerprint density at radius 1 is 0.721 bits per heavy atom. The number of carbonyl (C=O) groups excluding carboxylic acids is 2. The van der Waals surface area contributed by atoms with E-state index in [-0.39, 0.29) is 36.4 Å². The number of hydrogen-bond acceptors (Lipinski definition) is 18. The van der Waals surface area contributed by atoms with Gasteiger partial charge >= 0.3 is 0 Å². The number of nitrogens with two attached hydrogens (primary N) is 3. The largest absolute Gasteiger partial charge is 0.377 e. The summed E-state index contributed by atoms with van der Waals surface area (Å²) in [5.41, 5.74) is 20.1. The molecule has 3 aromatic rings. The smallest absolute Gasteiger partial charge is 0.247 e. The molecule has 0 saturated carbocycles. The predicted molar refractivity (Wildman–Crippen MR) is 260 cm³/mol. The topological polar surface area (TPSA) is 265 Å². The van der Waals surface area contributed by atoms with E-state index >= 15 is 0 Å². The van der Waals surface area contributed by atoms with Crippen LogP contribution in [0.25, 0.3) is 0 Å². The van der Waals surface area contributed by atoms with Crippen molar-refractivity contribution in [2.45, 2.75) is 104 Å². The molecule has 0 spiro atoms. The number of ether oxygens (including phenoxy) is 3. The number of nitrogens with zero attached hydrogens (tertiary/aromatic N) is 13. The monoisotopic (exact) mass is 950 g/mol. The molecular formula is C46H79N17O5. The van der Waals surface area contributed by atoms with E-state index in [0.717, 1.165) is 32.1 Å². The average molecular weight is 950 g/mol. The Balaban J connectivity index is 1.26. The highest BCUT2D eigenvalue weighted by Crippen LogP contribution is 2.28. The molecule has 2 fully saturated rings. The second-order valence-electron chi connectivity index (χ2n) is 18.6. The van der Waals surface area contributed by atoms with Gasteiger partial charge < -0.3 is 56.3 Å². The molecule has 22 heteroatoms.